The first-order valence-electron chi connectivity index (χ1n) is 6.36. The summed E-state index contributed by atoms with van der Waals surface area (Å²) in [7, 11) is 0. The molecule has 0 saturated heterocycles. The predicted octanol–water partition coefficient (Wildman–Crippen LogP) is 3.40. The molecule has 0 spiro atoms. The van der Waals surface area contributed by atoms with Gasteiger partial charge in [0.1, 0.15) is 0 Å². The Morgan fingerprint density at radius 3 is 2.59 bits per heavy atom. The molecule has 92 valence electrons. The van der Waals surface area contributed by atoms with Gasteiger partial charge in [0.15, 0.2) is 0 Å². The zero-order valence-electron chi connectivity index (χ0n) is 11.2. The van der Waals surface area contributed by atoms with Crippen LogP contribution >= 0.6 is 0 Å². The third-order valence-corrected chi connectivity index (χ3v) is 3.40. The molecule has 0 aliphatic carbocycles. The van der Waals surface area contributed by atoms with E-state index in [1.165, 1.54) is 5.56 Å². The minimum Gasteiger partial charge on any atom is -0.308 e. The minimum absolute atomic E-state index is 0.231. The van der Waals surface area contributed by atoms with Crippen LogP contribution in [0.3, 0.4) is 0 Å². The van der Waals surface area contributed by atoms with Crippen molar-refractivity contribution < 1.29 is 4.79 Å². The fourth-order valence-electron chi connectivity index (χ4n) is 2.42. The average Bonchev–Trinajstić information content (AvgIpc) is 2.64. The summed E-state index contributed by atoms with van der Waals surface area (Å²) in [6.07, 6.45) is 2.00. The van der Waals surface area contributed by atoms with Crippen molar-refractivity contribution in [3.05, 3.63) is 29.8 Å². The molecular weight excluding hydrogens is 210 g/mol. The molecule has 1 unspecified atom stereocenters. The Bertz CT molecular complexity index is 431. The molecule has 2 heteroatoms. The van der Waals surface area contributed by atoms with Crippen molar-refractivity contribution in [3.63, 3.8) is 0 Å². The van der Waals surface area contributed by atoms with Gasteiger partial charge in [0.25, 0.3) is 0 Å². The molecule has 1 aliphatic heterocycles. The van der Waals surface area contributed by atoms with Gasteiger partial charge in [0, 0.05) is 17.1 Å². The quantitative estimate of drug-likeness (QED) is 0.725. The zero-order valence-corrected chi connectivity index (χ0v) is 11.2. The Morgan fingerprint density at radius 1 is 1.35 bits per heavy atom. The third-order valence-electron chi connectivity index (χ3n) is 3.40. The Hall–Kier alpha value is -1.31. The number of amides is 1. The lowest BCUT2D eigenvalue weighted by molar-refractivity contribution is -0.126. The number of benzene rings is 1. The Kier molecular flexibility index (Phi) is 2.98. The lowest BCUT2D eigenvalue weighted by atomic mass is 9.94. The van der Waals surface area contributed by atoms with Crippen molar-refractivity contribution in [1.29, 1.82) is 0 Å². The molecule has 0 saturated carbocycles. The van der Waals surface area contributed by atoms with E-state index in [-0.39, 0.29) is 11.3 Å². The van der Waals surface area contributed by atoms with E-state index < -0.39 is 0 Å². The smallest absolute Gasteiger partial charge is 0.232 e. The van der Waals surface area contributed by atoms with Crippen LogP contribution in [0.25, 0.3) is 0 Å². The molecule has 0 N–H and O–H groups in total. The fraction of sp³-hybridized carbons (Fsp3) is 0.533. The van der Waals surface area contributed by atoms with Gasteiger partial charge in [-0.05, 0) is 24.5 Å². The van der Waals surface area contributed by atoms with Gasteiger partial charge >= 0.3 is 0 Å². The molecule has 0 radical (unpaired) electrons. The van der Waals surface area contributed by atoms with E-state index in [4.69, 9.17) is 0 Å². The first kappa shape index (κ1) is 12.2. The highest BCUT2D eigenvalue weighted by molar-refractivity contribution is 5.99. The normalized spacial score (nSPS) is 19.3. The summed E-state index contributed by atoms with van der Waals surface area (Å²) in [5.74, 6) is 0.231. The second-order valence-corrected chi connectivity index (χ2v) is 5.82. The number of hydrogen-bond acceptors (Lipinski definition) is 1. The second kappa shape index (κ2) is 4.17. The van der Waals surface area contributed by atoms with E-state index in [9.17, 15) is 4.79 Å². The maximum absolute atomic E-state index is 12.5. The van der Waals surface area contributed by atoms with E-state index in [1.807, 2.05) is 31.7 Å². The summed E-state index contributed by atoms with van der Waals surface area (Å²) < 4.78 is 0. The van der Waals surface area contributed by atoms with Crippen LogP contribution in [0.15, 0.2) is 24.3 Å². The topological polar surface area (TPSA) is 20.3 Å². The molecule has 1 aromatic rings. The van der Waals surface area contributed by atoms with Gasteiger partial charge in [-0.3, -0.25) is 4.79 Å². The first-order chi connectivity index (χ1) is 7.95. The standard InChI is InChI=1S/C15H21NO/c1-5-12-10-11-8-6-7-9-13(11)16(12)14(17)15(2,3)4/h6-9,12H,5,10H2,1-4H3. The van der Waals surface area contributed by atoms with Crippen LogP contribution in [0.5, 0.6) is 0 Å². The number of carbonyl (C=O) groups excluding carboxylic acids is 1. The number of para-hydroxylation sites is 1. The number of fused-ring (bicyclic) bond motifs is 1. The van der Waals surface area contributed by atoms with Gasteiger partial charge in [-0.2, -0.15) is 0 Å². The van der Waals surface area contributed by atoms with E-state index in [0.717, 1.165) is 18.5 Å². The van der Waals surface area contributed by atoms with Crippen LogP contribution in [0.2, 0.25) is 0 Å². The number of carbonyl (C=O) groups is 1. The van der Waals surface area contributed by atoms with Gasteiger partial charge in [-0.1, -0.05) is 45.9 Å². The largest absolute Gasteiger partial charge is 0.308 e. The SMILES string of the molecule is CCC1Cc2ccccc2N1C(=O)C(C)(C)C. The molecule has 2 nitrogen and oxygen atoms in total. The van der Waals surface area contributed by atoms with Crippen molar-refractivity contribution in [2.75, 3.05) is 4.90 Å². The first-order valence-corrected chi connectivity index (χ1v) is 6.36. The number of rotatable bonds is 1. The third kappa shape index (κ3) is 2.08. The number of nitrogens with zero attached hydrogens (tertiary/aromatic N) is 1. The molecule has 1 heterocycles. The van der Waals surface area contributed by atoms with Crippen LogP contribution in [0, 0.1) is 5.41 Å². The van der Waals surface area contributed by atoms with E-state index in [2.05, 4.69) is 25.1 Å². The fourth-order valence-corrected chi connectivity index (χ4v) is 2.42. The molecule has 1 aliphatic rings. The van der Waals surface area contributed by atoms with Gasteiger partial charge < -0.3 is 4.90 Å². The Balaban J connectivity index is 2.41. The zero-order chi connectivity index (χ0) is 12.6. The lowest BCUT2D eigenvalue weighted by Crippen LogP contribution is -2.43. The minimum atomic E-state index is -0.315. The molecule has 0 fully saturated rings. The van der Waals surface area contributed by atoms with E-state index in [0.29, 0.717) is 6.04 Å². The Labute approximate surface area is 104 Å². The highest BCUT2D eigenvalue weighted by atomic mass is 16.2. The summed E-state index contributed by atoms with van der Waals surface area (Å²) in [4.78, 5) is 14.5. The summed E-state index contributed by atoms with van der Waals surface area (Å²) in [5.41, 5.74) is 2.10. The summed E-state index contributed by atoms with van der Waals surface area (Å²) in [6, 6.07) is 8.60. The molecule has 17 heavy (non-hydrogen) atoms. The van der Waals surface area contributed by atoms with Crippen LogP contribution in [0.1, 0.15) is 39.7 Å². The van der Waals surface area contributed by atoms with Crippen LogP contribution in [-0.4, -0.2) is 11.9 Å². The summed E-state index contributed by atoms with van der Waals surface area (Å²) in [5, 5.41) is 0. The maximum atomic E-state index is 12.5. The van der Waals surface area contributed by atoms with Crippen molar-refractivity contribution in [1.82, 2.24) is 0 Å². The number of hydrogen-bond donors (Lipinski definition) is 0. The summed E-state index contributed by atoms with van der Waals surface area (Å²) in [6.45, 7) is 8.12. The predicted molar refractivity (Wildman–Crippen MR) is 71.2 cm³/mol. The van der Waals surface area contributed by atoms with Gasteiger partial charge in [-0.25, -0.2) is 0 Å². The van der Waals surface area contributed by atoms with E-state index in [1.54, 1.807) is 0 Å². The molecular formula is C15H21NO. The van der Waals surface area contributed by atoms with Crippen molar-refractivity contribution in [3.8, 4) is 0 Å². The molecule has 1 aromatic carbocycles. The maximum Gasteiger partial charge on any atom is 0.232 e. The monoisotopic (exact) mass is 231 g/mol. The highest BCUT2D eigenvalue weighted by Crippen LogP contribution is 2.36. The van der Waals surface area contributed by atoms with Gasteiger partial charge in [0.2, 0.25) is 5.91 Å². The second-order valence-electron chi connectivity index (χ2n) is 5.82. The average molecular weight is 231 g/mol. The van der Waals surface area contributed by atoms with Crippen LogP contribution in [0.4, 0.5) is 5.69 Å². The lowest BCUT2D eigenvalue weighted by Gasteiger charge is -2.31. The van der Waals surface area contributed by atoms with Crippen molar-refractivity contribution in [2.45, 2.75) is 46.6 Å². The van der Waals surface area contributed by atoms with Crippen LogP contribution in [-0.2, 0) is 11.2 Å². The Morgan fingerprint density at radius 2 is 2.00 bits per heavy atom. The molecule has 0 aromatic heterocycles. The summed E-state index contributed by atoms with van der Waals surface area (Å²) >= 11 is 0. The number of anilines is 1. The molecule has 0 bridgehead atoms. The molecule has 1 atom stereocenters. The van der Waals surface area contributed by atoms with Gasteiger partial charge in [-0.15, -0.1) is 0 Å². The van der Waals surface area contributed by atoms with Gasteiger partial charge in [0.05, 0.1) is 0 Å². The van der Waals surface area contributed by atoms with Crippen molar-refractivity contribution in [2.24, 2.45) is 5.41 Å². The highest BCUT2D eigenvalue weighted by Gasteiger charge is 2.37. The van der Waals surface area contributed by atoms with Crippen molar-refractivity contribution >= 4 is 11.6 Å². The van der Waals surface area contributed by atoms with Crippen LogP contribution < -0.4 is 4.90 Å². The molecule has 2 rings (SSSR count). The molecule has 1 amide bonds. The van der Waals surface area contributed by atoms with E-state index >= 15 is 0 Å².